The number of rotatable bonds is 5. The molecule has 0 radical (unpaired) electrons. The van der Waals surface area contributed by atoms with Crippen LogP contribution in [0.25, 0.3) is 0 Å². The summed E-state index contributed by atoms with van der Waals surface area (Å²) in [5.74, 6) is -1.51. The number of imide groups is 1. The average Bonchev–Trinajstić information content (AvgIpc) is 2.69. The van der Waals surface area contributed by atoms with Crippen molar-refractivity contribution in [1.29, 1.82) is 0 Å². The molecular formula is C19H22F3N5O5. The normalized spacial score (nSPS) is 22.3. The minimum Gasteiger partial charge on any atom is -0.465 e. The number of carbonyl (C=O) groups is 4. The lowest BCUT2D eigenvalue weighted by Gasteiger charge is -2.40. The number of amides is 4. The first kappa shape index (κ1) is 23.3. The molecule has 2 aliphatic rings. The Morgan fingerprint density at radius 2 is 1.91 bits per heavy atom. The number of carboxylic acid groups (broad SMARTS) is 1. The molecular weight excluding hydrogens is 435 g/mol. The van der Waals surface area contributed by atoms with Crippen LogP contribution in [0.1, 0.15) is 12.8 Å². The molecule has 1 aromatic carbocycles. The van der Waals surface area contributed by atoms with Crippen LogP contribution in [0.15, 0.2) is 24.3 Å². The van der Waals surface area contributed by atoms with Gasteiger partial charge in [0.15, 0.2) is 0 Å². The fraction of sp³-hybridized carbons (Fsp3) is 0.474. The highest BCUT2D eigenvalue weighted by Gasteiger charge is 2.47. The van der Waals surface area contributed by atoms with Crippen molar-refractivity contribution in [2.45, 2.75) is 31.1 Å². The predicted molar refractivity (Wildman–Crippen MR) is 106 cm³/mol. The van der Waals surface area contributed by atoms with Crippen LogP contribution in [0, 0.1) is 0 Å². The van der Waals surface area contributed by atoms with Crippen LogP contribution in [0.5, 0.6) is 0 Å². The first-order valence-electron chi connectivity index (χ1n) is 9.81. The van der Waals surface area contributed by atoms with Crippen LogP contribution in [0.4, 0.5) is 29.3 Å². The van der Waals surface area contributed by atoms with E-state index in [-0.39, 0.29) is 25.4 Å². The second kappa shape index (κ2) is 9.42. The third-order valence-corrected chi connectivity index (χ3v) is 5.21. The minimum atomic E-state index is -4.69. The van der Waals surface area contributed by atoms with Crippen molar-refractivity contribution >= 4 is 35.2 Å². The van der Waals surface area contributed by atoms with Crippen molar-refractivity contribution in [3.05, 3.63) is 24.3 Å². The number of nitrogens with zero attached hydrogens (tertiary/aromatic N) is 2. The molecule has 2 heterocycles. The molecule has 2 saturated heterocycles. The summed E-state index contributed by atoms with van der Waals surface area (Å²) in [5.41, 5.74) is 0.792. The van der Waals surface area contributed by atoms with E-state index in [0.717, 1.165) is 4.90 Å². The zero-order valence-electron chi connectivity index (χ0n) is 16.8. The van der Waals surface area contributed by atoms with Gasteiger partial charge in [-0.05, 0) is 24.6 Å². The molecule has 2 fully saturated rings. The second-order valence-electron chi connectivity index (χ2n) is 7.53. The van der Waals surface area contributed by atoms with Gasteiger partial charge in [0.1, 0.15) is 12.1 Å². The Morgan fingerprint density at radius 3 is 2.56 bits per heavy atom. The predicted octanol–water partition coefficient (Wildman–Crippen LogP) is 1.07. The first-order chi connectivity index (χ1) is 15.0. The third kappa shape index (κ3) is 5.87. The number of nitrogens with one attached hydrogen (secondary N) is 3. The lowest BCUT2D eigenvalue weighted by Crippen LogP contribution is -2.61. The van der Waals surface area contributed by atoms with Crippen LogP contribution in [-0.4, -0.2) is 83.2 Å². The summed E-state index contributed by atoms with van der Waals surface area (Å²) in [5, 5.41) is 16.7. The van der Waals surface area contributed by atoms with Gasteiger partial charge in [-0.3, -0.25) is 24.6 Å². The van der Waals surface area contributed by atoms with Gasteiger partial charge in [-0.25, -0.2) is 4.79 Å². The van der Waals surface area contributed by atoms with Gasteiger partial charge in [-0.1, -0.05) is 6.07 Å². The first-order valence-corrected chi connectivity index (χ1v) is 9.81. The SMILES string of the molecule is O=C1CCC(Nc2cccc(NC(=O)CN3CCN(C(=O)O)CC3C(F)(F)F)c2)C(=O)N1. The Bertz CT molecular complexity index is 910. The minimum absolute atomic E-state index is 0.138. The molecule has 0 bridgehead atoms. The van der Waals surface area contributed by atoms with E-state index in [1.807, 2.05) is 0 Å². The van der Waals surface area contributed by atoms with Gasteiger partial charge in [0.25, 0.3) is 0 Å². The number of alkyl halides is 3. The Labute approximate surface area is 180 Å². The molecule has 174 valence electrons. The van der Waals surface area contributed by atoms with Crippen LogP contribution in [-0.2, 0) is 14.4 Å². The van der Waals surface area contributed by atoms with Crippen molar-refractivity contribution in [2.75, 3.05) is 36.8 Å². The topological polar surface area (TPSA) is 131 Å². The molecule has 13 heteroatoms. The third-order valence-electron chi connectivity index (χ3n) is 5.21. The number of benzene rings is 1. The number of piperazine rings is 1. The standard InChI is InChI=1S/C19H22F3N5O5/c20-19(21,22)14-9-27(18(31)32)7-6-26(14)10-16(29)24-12-3-1-2-11(8-12)23-13-4-5-15(28)25-17(13)30/h1-3,8,13-14,23H,4-7,9-10H2,(H,24,29)(H,31,32)(H,25,28,30). The van der Waals surface area contributed by atoms with Gasteiger partial charge < -0.3 is 20.6 Å². The highest BCUT2D eigenvalue weighted by molar-refractivity contribution is 6.01. The van der Waals surface area contributed by atoms with Crippen LogP contribution >= 0.6 is 0 Å². The zero-order valence-corrected chi connectivity index (χ0v) is 16.8. The maximum Gasteiger partial charge on any atom is 0.407 e. The molecule has 2 atom stereocenters. The highest BCUT2D eigenvalue weighted by Crippen LogP contribution is 2.28. The molecule has 0 spiro atoms. The molecule has 10 nitrogen and oxygen atoms in total. The van der Waals surface area contributed by atoms with Crippen molar-refractivity contribution in [2.24, 2.45) is 0 Å². The van der Waals surface area contributed by atoms with Gasteiger partial charge in [-0.15, -0.1) is 0 Å². The monoisotopic (exact) mass is 457 g/mol. The molecule has 4 N–H and O–H groups in total. The van der Waals surface area contributed by atoms with Gasteiger partial charge in [-0.2, -0.15) is 13.2 Å². The second-order valence-corrected chi connectivity index (χ2v) is 7.53. The number of hydrogen-bond acceptors (Lipinski definition) is 6. The average molecular weight is 457 g/mol. The van der Waals surface area contributed by atoms with Gasteiger partial charge in [0, 0.05) is 37.4 Å². The molecule has 0 aliphatic carbocycles. The number of anilines is 2. The molecule has 4 amide bonds. The van der Waals surface area contributed by atoms with E-state index in [1.54, 1.807) is 12.1 Å². The zero-order chi connectivity index (χ0) is 23.5. The van der Waals surface area contributed by atoms with Gasteiger partial charge >= 0.3 is 12.3 Å². The summed E-state index contributed by atoms with van der Waals surface area (Å²) >= 11 is 0. The van der Waals surface area contributed by atoms with E-state index in [4.69, 9.17) is 5.11 Å². The summed E-state index contributed by atoms with van der Waals surface area (Å²) < 4.78 is 40.1. The largest absolute Gasteiger partial charge is 0.465 e. The summed E-state index contributed by atoms with van der Waals surface area (Å²) in [6, 6.07) is 3.58. The molecule has 0 aromatic heterocycles. The van der Waals surface area contributed by atoms with Crippen molar-refractivity contribution in [3.8, 4) is 0 Å². The van der Waals surface area contributed by atoms with E-state index >= 15 is 0 Å². The lowest BCUT2D eigenvalue weighted by atomic mass is 10.1. The number of piperidine rings is 1. The van der Waals surface area contributed by atoms with Crippen LogP contribution in [0.2, 0.25) is 0 Å². The maximum absolute atomic E-state index is 13.4. The Hall–Kier alpha value is -3.35. The number of hydrogen-bond donors (Lipinski definition) is 4. The molecule has 2 unspecified atom stereocenters. The van der Waals surface area contributed by atoms with E-state index < -0.39 is 49.3 Å². The lowest BCUT2D eigenvalue weighted by molar-refractivity contribution is -0.194. The molecule has 2 aliphatic heterocycles. The van der Waals surface area contributed by atoms with E-state index in [9.17, 15) is 32.3 Å². The molecule has 3 rings (SSSR count). The fourth-order valence-electron chi connectivity index (χ4n) is 3.60. The highest BCUT2D eigenvalue weighted by atomic mass is 19.4. The summed E-state index contributed by atoms with van der Waals surface area (Å²) in [6.45, 7) is -1.71. The summed E-state index contributed by atoms with van der Waals surface area (Å²) in [4.78, 5) is 48.1. The van der Waals surface area contributed by atoms with Crippen molar-refractivity contribution < 1.29 is 37.5 Å². The molecule has 0 saturated carbocycles. The van der Waals surface area contributed by atoms with Gasteiger partial charge in [0.2, 0.25) is 17.7 Å². The smallest absolute Gasteiger partial charge is 0.407 e. The van der Waals surface area contributed by atoms with Crippen molar-refractivity contribution in [1.82, 2.24) is 15.1 Å². The fourth-order valence-corrected chi connectivity index (χ4v) is 3.60. The molecule has 1 aromatic rings. The Kier molecular flexibility index (Phi) is 6.87. The van der Waals surface area contributed by atoms with E-state index in [1.165, 1.54) is 12.1 Å². The maximum atomic E-state index is 13.4. The van der Waals surface area contributed by atoms with Crippen LogP contribution in [0.3, 0.4) is 0 Å². The van der Waals surface area contributed by atoms with E-state index in [2.05, 4.69) is 16.0 Å². The number of halogens is 3. The Morgan fingerprint density at radius 1 is 1.19 bits per heavy atom. The Balaban J connectivity index is 1.61. The van der Waals surface area contributed by atoms with Gasteiger partial charge in [0.05, 0.1) is 6.54 Å². The molecule has 32 heavy (non-hydrogen) atoms. The van der Waals surface area contributed by atoms with Crippen molar-refractivity contribution in [3.63, 3.8) is 0 Å². The quantitative estimate of drug-likeness (QED) is 0.487. The van der Waals surface area contributed by atoms with E-state index in [0.29, 0.717) is 22.7 Å². The number of carbonyl (C=O) groups excluding carboxylic acids is 3. The summed E-state index contributed by atoms with van der Waals surface area (Å²) in [7, 11) is 0. The van der Waals surface area contributed by atoms with Crippen LogP contribution < -0.4 is 16.0 Å². The summed E-state index contributed by atoms with van der Waals surface area (Å²) in [6.07, 6.45) is -5.64.